The zero-order valence-electron chi connectivity index (χ0n) is 11.4. The minimum absolute atomic E-state index is 0.0202. The number of aryl methyl sites for hydroxylation is 2. The van der Waals surface area contributed by atoms with Crippen LogP contribution in [0.2, 0.25) is 0 Å². The summed E-state index contributed by atoms with van der Waals surface area (Å²) >= 11 is 0. The molecule has 1 aromatic heterocycles. The lowest BCUT2D eigenvalue weighted by Gasteiger charge is -2.22. The van der Waals surface area contributed by atoms with Crippen LogP contribution in [0.15, 0.2) is 0 Å². The first-order valence-electron chi connectivity index (χ1n) is 6.33. The highest BCUT2D eigenvalue weighted by molar-refractivity contribution is 5.96. The average Bonchev–Trinajstić information content (AvgIpc) is 2.60. The molecule has 2 N–H and O–H groups in total. The van der Waals surface area contributed by atoms with Gasteiger partial charge in [0.15, 0.2) is 0 Å². The van der Waals surface area contributed by atoms with Gasteiger partial charge in [0.2, 0.25) is 0 Å². The quantitative estimate of drug-likeness (QED) is 0.827. The van der Waals surface area contributed by atoms with Crippen LogP contribution in [0.1, 0.15) is 55.4 Å². The molecule has 1 heterocycles. The Morgan fingerprint density at radius 3 is 2.35 bits per heavy atom. The zero-order chi connectivity index (χ0) is 13.0. The van der Waals surface area contributed by atoms with E-state index in [2.05, 4.69) is 36.3 Å². The summed E-state index contributed by atoms with van der Waals surface area (Å²) in [4.78, 5) is 12.1. The number of aromatic amines is 1. The fourth-order valence-corrected chi connectivity index (χ4v) is 2.28. The van der Waals surface area contributed by atoms with Crippen molar-refractivity contribution in [2.24, 2.45) is 5.92 Å². The van der Waals surface area contributed by atoms with Crippen LogP contribution in [-0.4, -0.2) is 22.1 Å². The van der Waals surface area contributed by atoms with Crippen molar-refractivity contribution in [1.29, 1.82) is 0 Å². The maximum Gasteiger partial charge on any atom is 0.255 e. The van der Waals surface area contributed by atoms with Crippen molar-refractivity contribution in [3.63, 3.8) is 0 Å². The smallest absolute Gasteiger partial charge is 0.255 e. The van der Waals surface area contributed by atoms with Crippen molar-refractivity contribution in [3.8, 4) is 0 Å². The number of rotatable bonds is 5. The first-order chi connectivity index (χ1) is 8.01. The summed E-state index contributed by atoms with van der Waals surface area (Å²) < 4.78 is 0. The van der Waals surface area contributed by atoms with Crippen LogP contribution in [-0.2, 0) is 0 Å². The van der Waals surface area contributed by atoms with Crippen molar-refractivity contribution in [2.75, 3.05) is 0 Å². The maximum atomic E-state index is 12.1. The van der Waals surface area contributed by atoms with E-state index in [0.717, 1.165) is 24.2 Å². The molecule has 1 rings (SSSR count). The zero-order valence-corrected chi connectivity index (χ0v) is 11.4. The number of nitrogens with zero attached hydrogens (tertiary/aromatic N) is 1. The summed E-state index contributed by atoms with van der Waals surface area (Å²) in [5.41, 5.74) is 2.27. The molecular weight excluding hydrogens is 214 g/mol. The summed E-state index contributed by atoms with van der Waals surface area (Å²) in [5.74, 6) is 0.514. The first-order valence-corrected chi connectivity index (χ1v) is 6.33. The molecule has 4 heteroatoms. The van der Waals surface area contributed by atoms with E-state index in [1.54, 1.807) is 0 Å². The Labute approximate surface area is 103 Å². The van der Waals surface area contributed by atoms with Crippen molar-refractivity contribution in [3.05, 3.63) is 17.0 Å². The molecule has 96 valence electrons. The lowest BCUT2D eigenvalue weighted by Crippen LogP contribution is -2.38. The van der Waals surface area contributed by atoms with Gasteiger partial charge >= 0.3 is 0 Å². The van der Waals surface area contributed by atoms with Gasteiger partial charge in [-0.15, -0.1) is 0 Å². The molecule has 0 aliphatic heterocycles. The molecule has 0 aromatic carbocycles. The molecule has 0 spiro atoms. The van der Waals surface area contributed by atoms with E-state index in [4.69, 9.17) is 0 Å². The minimum Gasteiger partial charge on any atom is -0.349 e. The lowest BCUT2D eigenvalue weighted by molar-refractivity contribution is 0.0924. The Balaban J connectivity index is 2.73. The van der Waals surface area contributed by atoms with Gasteiger partial charge in [0.05, 0.1) is 11.3 Å². The Morgan fingerprint density at radius 1 is 1.35 bits per heavy atom. The number of hydrogen-bond acceptors (Lipinski definition) is 2. The molecule has 0 bridgehead atoms. The molecule has 17 heavy (non-hydrogen) atoms. The third-order valence-electron chi connectivity index (χ3n) is 3.47. The fraction of sp³-hybridized carbons (Fsp3) is 0.692. The highest BCUT2D eigenvalue weighted by Gasteiger charge is 2.20. The molecule has 0 aliphatic rings. The van der Waals surface area contributed by atoms with E-state index in [-0.39, 0.29) is 11.9 Å². The molecule has 1 atom stereocenters. The van der Waals surface area contributed by atoms with Gasteiger partial charge < -0.3 is 5.32 Å². The second-order valence-electron chi connectivity index (χ2n) is 4.65. The van der Waals surface area contributed by atoms with E-state index in [9.17, 15) is 4.79 Å². The molecule has 4 nitrogen and oxygen atoms in total. The van der Waals surface area contributed by atoms with Crippen molar-refractivity contribution < 1.29 is 4.79 Å². The van der Waals surface area contributed by atoms with Crippen LogP contribution < -0.4 is 5.32 Å². The van der Waals surface area contributed by atoms with Gasteiger partial charge in [-0.3, -0.25) is 9.89 Å². The van der Waals surface area contributed by atoms with Gasteiger partial charge in [-0.2, -0.15) is 5.10 Å². The van der Waals surface area contributed by atoms with Crippen molar-refractivity contribution in [1.82, 2.24) is 15.5 Å². The number of aromatic nitrogens is 2. The summed E-state index contributed by atoms with van der Waals surface area (Å²) in [6, 6.07) is 0.200. The second kappa shape index (κ2) is 5.84. The average molecular weight is 237 g/mol. The van der Waals surface area contributed by atoms with Crippen molar-refractivity contribution in [2.45, 2.75) is 53.5 Å². The first kappa shape index (κ1) is 13.7. The molecule has 1 amide bonds. The molecule has 1 unspecified atom stereocenters. The molecular formula is C13H23N3O. The van der Waals surface area contributed by atoms with E-state index in [1.165, 1.54) is 0 Å². The van der Waals surface area contributed by atoms with Crippen LogP contribution >= 0.6 is 0 Å². The van der Waals surface area contributed by atoms with Crippen LogP contribution in [0.4, 0.5) is 0 Å². The minimum atomic E-state index is -0.0202. The molecule has 0 aliphatic carbocycles. The predicted molar refractivity (Wildman–Crippen MR) is 69.1 cm³/mol. The number of nitrogens with one attached hydrogen (secondary N) is 2. The largest absolute Gasteiger partial charge is 0.349 e. The number of carbonyl (C=O) groups is 1. The van der Waals surface area contributed by atoms with Gasteiger partial charge in [-0.1, -0.05) is 26.7 Å². The van der Waals surface area contributed by atoms with Gasteiger partial charge in [0.1, 0.15) is 0 Å². The topological polar surface area (TPSA) is 57.8 Å². The van der Waals surface area contributed by atoms with Gasteiger partial charge in [-0.05, 0) is 26.7 Å². The van der Waals surface area contributed by atoms with Gasteiger partial charge in [-0.25, -0.2) is 0 Å². The normalized spacial score (nSPS) is 12.8. The van der Waals surface area contributed by atoms with Crippen molar-refractivity contribution >= 4 is 5.91 Å². The SMILES string of the molecule is CCC(CC)C(C)NC(=O)c1c(C)n[nH]c1C. The third-order valence-corrected chi connectivity index (χ3v) is 3.47. The molecule has 0 saturated carbocycles. The van der Waals surface area contributed by atoms with E-state index in [1.807, 2.05) is 13.8 Å². The highest BCUT2D eigenvalue weighted by Crippen LogP contribution is 2.15. The molecule has 0 fully saturated rings. The van der Waals surface area contributed by atoms with Crippen LogP contribution in [0.25, 0.3) is 0 Å². The lowest BCUT2D eigenvalue weighted by atomic mass is 9.95. The Morgan fingerprint density at radius 2 is 1.94 bits per heavy atom. The van der Waals surface area contributed by atoms with Gasteiger partial charge in [0, 0.05) is 11.7 Å². The summed E-state index contributed by atoms with van der Waals surface area (Å²) in [6.07, 6.45) is 2.17. The molecule has 0 radical (unpaired) electrons. The van der Waals surface area contributed by atoms with Crippen LogP contribution in [0, 0.1) is 19.8 Å². The number of amides is 1. The standard InChI is InChI=1S/C13H23N3O/c1-6-11(7-2)8(3)14-13(17)12-9(4)15-16-10(12)5/h8,11H,6-7H2,1-5H3,(H,14,17)(H,15,16). The second-order valence-corrected chi connectivity index (χ2v) is 4.65. The van der Waals surface area contributed by atoms with E-state index in [0.29, 0.717) is 11.5 Å². The Bertz CT molecular complexity index is 361. The number of hydrogen-bond donors (Lipinski definition) is 2. The number of H-pyrrole nitrogens is 1. The summed E-state index contributed by atoms with van der Waals surface area (Å²) in [5, 5.41) is 9.95. The monoisotopic (exact) mass is 237 g/mol. The van der Waals surface area contributed by atoms with Crippen LogP contribution in [0.5, 0.6) is 0 Å². The van der Waals surface area contributed by atoms with Crippen LogP contribution in [0.3, 0.4) is 0 Å². The Hall–Kier alpha value is -1.32. The van der Waals surface area contributed by atoms with E-state index < -0.39 is 0 Å². The number of carbonyl (C=O) groups excluding carboxylic acids is 1. The molecule has 0 saturated heterocycles. The summed E-state index contributed by atoms with van der Waals surface area (Å²) in [6.45, 7) is 10.1. The third kappa shape index (κ3) is 3.08. The van der Waals surface area contributed by atoms with Gasteiger partial charge in [0.25, 0.3) is 5.91 Å². The fourth-order valence-electron chi connectivity index (χ4n) is 2.28. The van der Waals surface area contributed by atoms with E-state index >= 15 is 0 Å². The highest BCUT2D eigenvalue weighted by atomic mass is 16.1. The maximum absolute atomic E-state index is 12.1. The molecule has 1 aromatic rings. The summed E-state index contributed by atoms with van der Waals surface area (Å²) in [7, 11) is 0. The Kier molecular flexibility index (Phi) is 4.73. The predicted octanol–water partition coefficient (Wildman–Crippen LogP) is 2.58.